The molecule has 0 aliphatic heterocycles. The number of rotatable bonds is 6. The van der Waals surface area contributed by atoms with Gasteiger partial charge in [0.25, 0.3) is 20.2 Å². The van der Waals surface area contributed by atoms with E-state index in [4.69, 9.17) is 32.0 Å². The number of carbonyl (C=O) groups is 1. The highest BCUT2D eigenvalue weighted by Gasteiger charge is 2.05. The summed E-state index contributed by atoms with van der Waals surface area (Å²) in [5, 5.41) is 20.5. The molecule has 0 radical (unpaired) electrons. The Hall–Kier alpha value is -4.59. The van der Waals surface area contributed by atoms with Crippen LogP contribution in [-0.2, 0) is 20.2 Å². The van der Waals surface area contributed by atoms with Gasteiger partial charge in [-0.1, -0.05) is 24.3 Å². The van der Waals surface area contributed by atoms with Gasteiger partial charge in [0.15, 0.2) is 0 Å². The predicted molar refractivity (Wildman–Crippen MR) is 157 cm³/mol. The summed E-state index contributed by atoms with van der Waals surface area (Å²) in [4.78, 5) is 12.2. The van der Waals surface area contributed by atoms with Crippen LogP contribution in [0, 0.1) is 0 Å². The lowest BCUT2D eigenvalue weighted by Crippen LogP contribution is -2.22. The summed E-state index contributed by atoms with van der Waals surface area (Å²) in [6.45, 7) is 3.55. The van der Waals surface area contributed by atoms with Gasteiger partial charge in [-0.15, -0.1) is 10.2 Å². The zero-order chi connectivity index (χ0) is 31.1. The Labute approximate surface area is 231 Å². The number of amides is 2. The number of nitrogens with two attached hydrogens (primary N) is 4. The molecule has 0 aliphatic rings. The quantitative estimate of drug-likeness (QED) is 0.0966. The molecular weight excluding hydrogens is 568 g/mol. The number of hydrogen-bond donors (Lipinski definition) is 8. The molecule has 19 heteroatoms. The summed E-state index contributed by atoms with van der Waals surface area (Å²) in [7, 11) is -7.33. The Morgan fingerprint density at radius 2 is 0.875 bits per heavy atom. The van der Waals surface area contributed by atoms with Gasteiger partial charge in [0.05, 0.1) is 23.9 Å². The maximum absolute atomic E-state index is 12.2. The van der Waals surface area contributed by atoms with Crippen molar-refractivity contribution in [3.8, 4) is 0 Å². The number of anilines is 2. The molecule has 40 heavy (non-hydrogen) atoms. The number of urea groups is 1. The van der Waals surface area contributed by atoms with Crippen LogP contribution in [0.1, 0.15) is 25.0 Å². The van der Waals surface area contributed by atoms with E-state index in [9.17, 15) is 21.6 Å². The summed E-state index contributed by atoms with van der Waals surface area (Å²) in [6.07, 6.45) is 1.43. The molecule has 0 atom stereocenters. The Bertz CT molecular complexity index is 1330. The zero-order valence-electron chi connectivity index (χ0n) is 22.0. The normalized spacial score (nSPS) is 11.4. The number of guanidine groups is 2. The highest BCUT2D eigenvalue weighted by atomic mass is 32.2. The molecule has 0 unspecified atom stereocenters. The average Bonchev–Trinajstić information content (AvgIpc) is 2.79. The van der Waals surface area contributed by atoms with Gasteiger partial charge in [0.1, 0.15) is 0 Å². The van der Waals surface area contributed by atoms with Gasteiger partial charge in [-0.25, -0.2) is 4.79 Å². The van der Waals surface area contributed by atoms with Gasteiger partial charge >= 0.3 is 6.03 Å². The minimum Gasteiger partial charge on any atom is -0.369 e. The summed E-state index contributed by atoms with van der Waals surface area (Å²) in [6, 6.07) is 13.8. The minimum absolute atomic E-state index is 0.117. The SMILES string of the molecule is CC(=NN=C(N)N)c1ccc(NC(=O)Nc2ccc(C(C)=NN=C(N)N)cc2)cc1.CS(=O)(=O)O.CS(=O)(=O)O. The first kappa shape index (κ1) is 35.4. The Kier molecular flexibility index (Phi) is 14.5. The second-order valence-electron chi connectivity index (χ2n) is 7.62. The van der Waals surface area contributed by atoms with Gasteiger partial charge in [-0.2, -0.15) is 27.0 Å². The van der Waals surface area contributed by atoms with Crippen LogP contribution in [0.3, 0.4) is 0 Å². The lowest BCUT2D eigenvalue weighted by Gasteiger charge is -2.09. The molecule has 0 fully saturated rings. The van der Waals surface area contributed by atoms with Gasteiger partial charge in [-0.05, 0) is 49.2 Å². The fourth-order valence-corrected chi connectivity index (χ4v) is 2.26. The van der Waals surface area contributed by atoms with Crippen molar-refractivity contribution in [3.05, 3.63) is 59.7 Å². The summed E-state index contributed by atoms with van der Waals surface area (Å²) >= 11 is 0. The zero-order valence-corrected chi connectivity index (χ0v) is 23.6. The van der Waals surface area contributed by atoms with E-state index in [1.807, 2.05) is 0 Å². The van der Waals surface area contributed by atoms with Crippen molar-refractivity contribution in [2.75, 3.05) is 23.1 Å². The van der Waals surface area contributed by atoms with Crippen LogP contribution in [0.4, 0.5) is 16.2 Å². The summed E-state index contributed by atoms with van der Waals surface area (Å²) in [5.74, 6) is -0.234. The number of hydrogen-bond acceptors (Lipinski definition) is 9. The maximum Gasteiger partial charge on any atom is 0.323 e. The van der Waals surface area contributed by atoms with Gasteiger partial charge < -0.3 is 33.6 Å². The molecule has 0 heterocycles. The minimum atomic E-state index is -3.67. The topological polar surface area (TPSA) is 303 Å². The van der Waals surface area contributed by atoms with E-state index in [-0.39, 0.29) is 18.0 Å². The average molecular weight is 601 g/mol. The molecule has 2 aromatic rings. The van der Waals surface area contributed by atoms with Crippen LogP contribution in [0.15, 0.2) is 68.9 Å². The van der Waals surface area contributed by atoms with E-state index in [1.54, 1.807) is 62.4 Å². The van der Waals surface area contributed by atoms with Crippen LogP contribution in [-0.4, -0.2) is 67.8 Å². The van der Waals surface area contributed by atoms with E-state index in [0.717, 1.165) is 11.1 Å². The predicted octanol–water partition coefficient (Wildman–Crippen LogP) is 0.333. The second-order valence-corrected chi connectivity index (χ2v) is 10.6. The largest absolute Gasteiger partial charge is 0.369 e. The molecule has 220 valence electrons. The lowest BCUT2D eigenvalue weighted by molar-refractivity contribution is 0.262. The number of nitrogens with one attached hydrogen (secondary N) is 2. The first-order valence-electron chi connectivity index (χ1n) is 10.6. The third kappa shape index (κ3) is 20.5. The van der Waals surface area contributed by atoms with Gasteiger partial charge in [0.2, 0.25) is 11.9 Å². The Morgan fingerprint density at radius 3 is 1.10 bits per heavy atom. The Morgan fingerprint density at radius 1 is 0.625 bits per heavy atom. The molecule has 0 bridgehead atoms. The van der Waals surface area contributed by atoms with Gasteiger partial charge in [-0.3, -0.25) is 9.11 Å². The van der Waals surface area contributed by atoms with Crippen molar-refractivity contribution in [1.82, 2.24) is 0 Å². The van der Waals surface area contributed by atoms with Gasteiger partial charge in [0, 0.05) is 11.4 Å². The maximum atomic E-state index is 12.2. The smallest absolute Gasteiger partial charge is 0.323 e. The molecule has 0 aromatic heterocycles. The van der Waals surface area contributed by atoms with E-state index in [0.29, 0.717) is 35.3 Å². The van der Waals surface area contributed by atoms with Crippen molar-refractivity contribution in [2.24, 2.45) is 43.3 Å². The molecule has 2 rings (SSSR count). The first-order chi connectivity index (χ1) is 18.2. The van der Waals surface area contributed by atoms with Crippen molar-refractivity contribution in [2.45, 2.75) is 13.8 Å². The van der Waals surface area contributed by atoms with Crippen LogP contribution in [0.25, 0.3) is 0 Å². The van der Waals surface area contributed by atoms with Crippen LogP contribution >= 0.6 is 0 Å². The fourth-order valence-electron chi connectivity index (χ4n) is 2.26. The third-order valence-electron chi connectivity index (χ3n) is 3.75. The lowest BCUT2D eigenvalue weighted by atomic mass is 10.1. The first-order valence-corrected chi connectivity index (χ1v) is 14.3. The van der Waals surface area contributed by atoms with E-state index in [1.165, 1.54) is 0 Å². The van der Waals surface area contributed by atoms with E-state index in [2.05, 4.69) is 31.0 Å². The standard InChI is InChI=1S/C19H24N10O.2CH4O3S/c1-11(26-28-17(20)21)13-3-7-15(8-4-13)24-19(30)25-16-9-5-14(6-10-16)12(2)27-29-18(22)23;2*1-5(2,3)4/h3-10H,1-2H3,(H4,20,21,28)(H4,22,23,29)(H2,24,25,30);2*1H3,(H,2,3,4). The van der Waals surface area contributed by atoms with Crippen LogP contribution < -0.4 is 33.6 Å². The van der Waals surface area contributed by atoms with Crippen LogP contribution in [0.5, 0.6) is 0 Å². The number of benzene rings is 2. The molecule has 0 saturated carbocycles. The molecule has 0 spiro atoms. The van der Waals surface area contributed by atoms with E-state index < -0.39 is 20.2 Å². The van der Waals surface area contributed by atoms with Crippen molar-refractivity contribution >= 4 is 61.0 Å². The van der Waals surface area contributed by atoms with Crippen molar-refractivity contribution in [1.29, 1.82) is 0 Å². The summed E-state index contributed by atoms with van der Waals surface area (Å²) < 4.78 is 51.7. The second kappa shape index (κ2) is 16.4. The molecule has 0 aliphatic carbocycles. The van der Waals surface area contributed by atoms with E-state index >= 15 is 0 Å². The number of carbonyl (C=O) groups excluding carboxylic acids is 1. The molecule has 12 N–H and O–H groups in total. The molecule has 2 amide bonds. The van der Waals surface area contributed by atoms with Crippen molar-refractivity contribution in [3.63, 3.8) is 0 Å². The molecular formula is C21H32N10O7S2. The Balaban J connectivity index is 0.00000130. The monoisotopic (exact) mass is 600 g/mol. The molecule has 0 saturated heterocycles. The molecule has 2 aromatic carbocycles. The van der Waals surface area contributed by atoms with Crippen LogP contribution in [0.2, 0.25) is 0 Å². The third-order valence-corrected chi connectivity index (χ3v) is 3.75. The highest BCUT2D eigenvalue weighted by Crippen LogP contribution is 2.14. The molecule has 17 nitrogen and oxygen atoms in total. The highest BCUT2D eigenvalue weighted by molar-refractivity contribution is 7.85. The fraction of sp³-hybridized carbons (Fsp3) is 0.190. The number of nitrogens with zero attached hydrogens (tertiary/aromatic N) is 4. The summed E-state index contributed by atoms with van der Waals surface area (Å²) in [5.41, 5.74) is 25.2. The van der Waals surface area contributed by atoms with Crippen molar-refractivity contribution < 1.29 is 30.7 Å².